The van der Waals surface area contributed by atoms with Crippen LogP contribution in [-0.4, -0.2) is 34.0 Å². The lowest BCUT2D eigenvalue weighted by Crippen LogP contribution is -2.54. The molecule has 3 aromatic carbocycles. The lowest BCUT2D eigenvalue weighted by Gasteiger charge is -2.30. The summed E-state index contributed by atoms with van der Waals surface area (Å²) in [6.07, 6.45) is 1.83. The van der Waals surface area contributed by atoms with E-state index in [9.17, 15) is 9.59 Å². The van der Waals surface area contributed by atoms with Crippen LogP contribution in [0.2, 0.25) is 0 Å². The molecule has 1 heterocycles. The van der Waals surface area contributed by atoms with Gasteiger partial charge in [0.15, 0.2) is 5.54 Å². The Bertz CT molecular complexity index is 1210. The number of benzene rings is 3. The van der Waals surface area contributed by atoms with Crippen molar-refractivity contribution in [1.29, 1.82) is 0 Å². The molecular weight excluding hydrogens is 416 g/mol. The number of nitrogens with zero attached hydrogens (tertiary/aromatic N) is 3. The van der Waals surface area contributed by atoms with Crippen LogP contribution in [0.5, 0.6) is 0 Å². The van der Waals surface area contributed by atoms with Gasteiger partial charge in [-0.3, -0.25) is 4.79 Å². The molecular formula is C26H24N4O3. The summed E-state index contributed by atoms with van der Waals surface area (Å²) < 4.78 is 6.82. The van der Waals surface area contributed by atoms with Crippen molar-refractivity contribution in [2.45, 2.75) is 18.5 Å². The van der Waals surface area contributed by atoms with Crippen LogP contribution in [0.4, 0.5) is 0 Å². The standard InChI is InChI=1S/C26H24N4O3/c1-33-25(32)26(17-20-11-5-2-6-12-20,27-24(31)22-15-9-4-10-16-22)23-19-30(29-28-23)18-21-13-7-3-8-14-21/h2-16,19H,17-18H2,1H3,(H,27,31). The van der Waals surface area contributed by atoms with Crippen LogP contribution < -0.4 is 5.32 Å². The smallest absolute Gasteiger partial charge is 0.338 e. The van der Waals surface area contributed by atoms with E-state index in [2.05, 4.69) is 15.6 Å². The molecule has 0 saturated heterocycles. The van der Waals surface area contributed by atoms with Gasteiger partial charge in [0.1, 0.15) is 5.69 Å². The monoisotopic (exact) mass is 440 g/mol. The fourth-order valence-electron chi connectivity index (χ4n) is 3.70. The maximum Gasteiger partial charge on any atom is 0.338 e. The van der Waals surface area contributed by atoms with E-state index in [-0.39, 0.29) is 6.42 Å². The highest BCUT2D eigenvalue weighted by molar-refractivity contribution is 5.98. The number of esters is 1. The van der Waals surface area contributed by atoms with Crippen molar-refractivity contribution in [3.8, 4) is 0 Å². The fraction of sp³-hybridized carbons (Fsp3) is 0.154. The van der Waals surface area contributed by atoms with Crippen LogP contribution in [-0.2, 0) is 28.0 Å². The number of hydrogen-bond acceptors (Lipinski definition) is 5. The highest BCUT2D eigenvalue weighted by Gasteiger charge is 2.46. The minimum atomic E-state index is -1.56. The molecule has 0 spiro atoms. The van der Waals surface area contributed by atoms with Crippen LogP contribution in [0.25, 0.3) is 0 Å². The Labute approximate surface area is 192 Å². The summed E-state index contributed by atoms with van der Waals surface area (Å²) in [5.41, 5.74) is 1.05. The van der Waals surface area contributed by atoms with Gasteiger partial charge in [-0.2, -0.15) is 0 Å². The summed E-state index contributed by atoms with van der Waals surface area (Å²) in [6, 6.07) is 28.0. The second-order valence-electron chi connectivity index (χ2n) is 7.67. The summed E-state index contributed by atoms with van der Waals surface area (Å²) in [5.74, 6) is -1.03. The van der Waals surface area contributed by atoms with Crippen molar-refractivity contribution in [2.24, 2.45) is 0 Å². The summed E-state index contributed by atoms with van der Waals surface area (Å²) >= 11 is 0. The number of carbonyl (C=O) groups is 2. The van der Waals surface area contributed by atoms with Crippen LogP contribution in [0, 0.1) is 0 Å². The molecule has 1 amide bonds. The van der Waals surface area contributed by atoms with Crippen molar-refractivity contribution in [1.82, 2.24) is 20.3 Å². The number of hydrogen-bond donors (Lipinski definition) is 1. The highest BCUT2D eigenvalue weighted by atomic mass is 16.5. The van der Waals surface area contributed by atoms with Gasteiger partial charge in [0, 0.05) is 12.0 Å². The largest absolute Gasteiger partial charge is 0.467 e. The van der Waals surface area contributed by atoms with Crippen molar-refractivity contribution < 1.29 is 14.3 Å². The molecule has 0 bridgehead atoms. The molecule has 33 heavy (non-hydrogen) atoms. The van der Waals surface area contributed by atoms with Gasteiger partial charge in [0.05, 0.1) is 19.9 Å². The highest BCUT2D eigenvalue weighted by Crippen LogP contribution is 2.27. The zero-order valence-electron chi connectivity index (χ0n) is 18.2. The Kier molecular flexibility index (Phi) is 6.59. The van der Waals surface area contributed by atoms with Crippen LogP contribution in [0.3, 0.4) is 0 Å². The van der Waals surface area contributed by atoms with E-state index < -0.39 is 17.4 Å². The first-order valence-corrected chi connectivity index (χ1v) is 10.6. The van der Waals surface area contributed by atoms with Gasteiger partial charge in [-0.05, 0) is 23.3 Å². The lowest BCUT2D eigenvalue weighted by molar-refractivity contribution is -0.149. The quantitative estimate of drug-likeness (QED) is 0.425. The third kappa shape index (κ3) is 4.98. The predicted molar refractivity (Wildman–Crippen MR) is 123 cm³/mol. The maximum absolute atomic E-state index is 13.3. The maximum atomic E-state index is 13.3. The van der Waals surface area contributed by atoms with E-state index in [0.717, 1.165) is 11.1 Å². The second kappa shape index (κ2) is 9.91. The number of carbonyl (C=O) groups excluding carboxylic acids is 2. The zero-order valence-corrected chi connectivity index (χ0v) is 18.2. The molecule has 0 radical (unpaired) electrons. The van der Waals surface area contributed by atoms with Crippen LogP contribution in [0.15, 0.2) is 97.2 Å². The summed E-state index contributed by atoms with van der Waals surface area (Å²) in [7, 11) is 1.30. The van der Waals surface area contributed by atoms with Crippen LogP contribution in [0.1, 0.15) is 27.2 Å². The third-order valence-corrected chi connectivity index (χ3v) is 5.37. The number of methoxy groups -OCH3 is 1. The average molecular weight is 441 g/mol. The topological polar surface area (TPSA) is 86.1 Å². The van der Waals surface area contributed by atoms with Crippen molar-refractivity contribution >= 4 is 11.9 Å². The molecule has 0 aliphatic rings. The van der Waals surface area contributed by atoms with Gasteiger partial charge >= 0.3 is 5.97 Å². The van der Waals surface area contributed by atoms with E-state index >= 15 is 0 Å². The molecule has 1 unspecified atom stereocenters. The summed E-state index contributed by atoms with van der Waals surface area (Å²) in [6.45, 7) is 0.475. The normalized spacial score (nSPS) is 12.5. The zero-order chi connectivity index (χ0) is 23.1. The molecule has 1 aromatic heterocycles. The summed E-state index contributed by atoms with van der Waals surface area (Å²) in [4.78, 5) is 26.4. The molecule has 1 N–H and O–H groups in total. The Balaban J connectivity index is 1.75. The van der Waals surface area contributed by atoms with E-state index in [4.69, 9.17) is 4.74 Å². The van der Waals surface area contributed by atoms with Gasteiger partial charge in [-0.15, -0.1) is 5.10 Å². The predicted octanol–water partition coefficient (Wildman–Crippen LogP) is 3.37. The van der Waals surface area contributed by atoms with Gasteiger partial charge in [0.25, 0.3) is 5.91 Å². The molecule has 0 aliphatic heterocycles. The van der Waals surface area contributed by atoms with E-state index in [0.29, 0.717) is 17.8 Å². The number of aromatic nitrogens is 3. The number of rotatable bonds is 8. The lowest BCUT2D eigenvalue weighted by atomic mass is 9.87. The van der Waals surface area contributed by atoms with Crippen molar-refractivity contribution in [2.75, 3.05) is 7.11 Å². The van der Waals surface area contributed by atoms with Gasteiger partial charge in [0.2, 0.25) is 0 Å². The van der Waals surface area contributed by atoms with E-state index in [1.807, 2.05) is 66.7 Å². The molecule has 166 valence electrons. The average Bonchev–Trinajstić information content (AvgIpc) is 3.33. The Morgan fingerprint density at radius 2 is 1.45 bits per heavy atom. The van der Waals surface area contributed by atoms with Gasteiger partial charge in [-0.1, -0.05) is 84.1 Å². The number of amides is 1. The molecule has 7 heteroatoms. The number of ether oxygens (including phenoxy) is 1. The van der Waals surface area contributed by atoms with Gasteiger partial charge < -0.3 is 10.1 Å². The Hall–Kier alpha value is -4.26. The van der Waals surface area contributed by atoms with Crippen LogP contribution >= 0.6 is 0 Å². The first-order valence-electron chi connectivity index (χ1n) is 10.6. The molecule has 0 saturated carbocycles. The minimum absolute atomic E-state index is 0.156. The Morgan fingerprint density at radius 1 is 0.879 bits per heavy atom. The second-order valence-corrected chi connectivity index (χ2v) is 7.67. The third-order valence-electron chi connectivity index (χ3n) is 5.37. The first kappa shape index (κ1) is 22.0. The molecule has 1 atom stereocenters. The number of nitrogens with one attached hydrogen (secondary N) is 1. The van der Waals surface area contributed by atoms with E-state index in [1.54, 1.807) is 35.1 Å². The molecule has 0 aliphatic carbocycles. The SMILES string of the molecule is COC(=O)C(Cc1ccccc1)(NC(=O)c1ccccc1)c1cn(Cc2ccccc2)nn1. The first-order chi connectivity index (χ1) is 16.1. The van der Waals surface area contributed by atoms with Gasteiger partial charge in [-0.25, -0.2) is 9.48 Å². The van der Waals surface area contributed by atoms with E-state index in [1.165, 1.54) is 7.11 Å². The molecule has 7 nitrogen and oxygen atoms in total. The molecule has 0 fully saturated rings. The van der Waals surface area contributed by atoms with Crippen molar-refractivity contribution in [3.05, 3.63) is 120 Å². The molecule has 4 rings (SSSR count). The fourth-order valence-corrected chi connectivity index (χ4v) is 3.70. The Morgan fingerprint density at radius 3 is 2.06 bits per heavy atom. The summed E-state index contributed by atoms with van der Waals surface area (Å²) in [5, 5.41) is 11.4. The molecule has 4 aromatic rings. The van der Waals surface area contributed by atoms with Crippen molar-refractivity contribution in [3.63, 3.8) is 0 Å². The minimum Gasteiger partial charge on any atom is -0.467 e.